The molecule has 1 amide bonds. The van der Waals surface area contributed by atoms with Crippen molar-refractivity contribution in [2.75, 3.05) is 12.4 Å². The summed E-state index contributed by atoms with van der Waals surface area (Å²) in [6.07, 6.45) is 0. The van der Waals surface area contributed by atoms with Gasteiger partial charge in [-0.2, -0.15) is 0 Å². The molecule has 0 spiro atoms. The van der Waals surface area contributed by atoms with Gasteiger partial charge in [0.15, 0.2) is 0 Å². The van der Waals surface area contributed by atoms with Crippen LogP contribution in [0.3, 0.4) is 0 Å². The van der Waals surface area contributed by atoms with Crippen LogP contribution in [0.1, 0.15) is 10.4 Å². The van der Waals surface area contributed by atoms with Gasteiger partial charge in [0.1, 0.15) is 11.5 Å². The predicted molar refractivity (Wildman–Crippen MR) is 76.8 cm³/mol. The Morgan fingerprint density at radius 1 is 1.26 bits per heavy atom. The van der Waals surface area contributed by atoms with Gasteiger partial charge >= 0.3 is 0 Å². The van der Waals surface area contributed by atoms with Crippen LogP contribution in [0.2, 0.25) is 0 Å². The Morgan fingerprint density at radius 2 is 2.00 bits per heavy atom. The number of amides is 1. The highest BCUT2D eigenvalue weighted by atomic mass is 79.9. The average molecular weight is 322 g/mol. The van der Waals surface area contributed by atoms with Crippen LogP contribution in [0.25, 0.3) is 0 Å². The van der Waals surface area contributed by atoms with Crippen LogP contribution in [-0.2, 0) is 0 Å². The van der Waals surface area contributed by atoms with Crippen molar-refractivity contribution in [3.8, 4) is 11.5 Å². The van der Waals surface area contributed by atoms with Crippen molar-refractivity contribution in [3.63, 3.8) is 0 Å². The van der Waals surface area contributed by atoms with Gasteiger partial charge in [0.05, 0.1) is 18.4 Å². The first-order chi connectivity index (χ1) is 9.11. The van der Waals surface area contributed by atoms with E-state index < -0.39 is 0 Å². The summed E-state index contributed by atoms with van der Waals surface area (Å²) in [6, 6.07) is 11.7. The molecule has 0 aromatic heterocycles. The number of nitrogens with one attached hydrogen (secondary N) is 1. The molecule has 0 saturated carbocycles. The molecule has 0 unspecified atom stereocenters. The zero-order valence-corrected chi connectivity index (χ0v) is 11.8. The standard InChI is InChI=1S/C14H12BrNO3/c1-19-13-7-6-9(15)8-10(13)14(18)16-11-4-2-3-5-12(11)17/h2-8,17H,1H3,(H,16,18). The molecule has 0 aliphatic rings. The number of rotatable bonds is 3. The predicted octanol–water partition coefficient (Wildman–Crippen LogP) is 3.42. The van der Waals surface area contributed by atoms with E-state index in [2.05, 4.69) is 21.2 Å². The maximum absolute atomic E-state index is 12.2. The maximum Gasteiger partial charge on any atom is 0.259 e. The van der Waals surface area contributed by atoms with Crippen molar-refractivity contribution in [1.82, 2.24) is 0 Å². The lowest BCUT2D eigenvalue weighted by atomic mass is 10.2. The van der Waals surface area contributed by atoms with Crippen LogP contribution in [-0.4, -0.2) is 18.1 Å². The largest absolute Gasteiger partial charge is 0.506 e. The summed E-state index contributed by atoms with van der Waals surface area (Å²) < 4.78 is 5.92. The Bertz CT molecular complexity index is 613. The normalized spacial score (nSPS) is 10.0. The van der Waals surface area contributed by atoms with Crippen molar-refractivity contribution in [2.45, 2.75) is 0 Å². The van der Waals surface area contributed by atoms with E-state index in [0.29, 0.717) is 17.0 Å². The van der Waals surface area contributed by atoms with E-state index in [1.54, 1.807) is 36.4 Å². The summed E-state index contributed by atoms with van der Waals surface area (Å²) >= 11 is 3.31. The van der Waals surface area contributed by atoms with E-state index in [0.717, 1.165) is 4.47 Å². The molecule has 19 heavy (non-hydrogen) atoms. The minimum Gasteiger partial charge on any atom is -0.506 e. The van der Waals surface area contributed by atoms with E-state index in [1.807, 2.05) is 0 Å². The van der Waals surface area contributed by atoms with Gasteiger partial charge in [0, 0.05) is 4.47 Å². The second-order valence-corrected chi connectivity index (χ2v) is 4.73. The second kappa shape index (κ2) is 5.75. The quantitative estimate of drug-likeness (QED) is 0.852. The molecule has 0 aliphatic heterocycles. The molecule has 98 valence electrons. The SMILES string of the molecule is COc1ccc(Br)cc1C(=O)Nc1ccccc1O. The molecule has 2 rings (SSSR count). The molecule has 0 radical (unpaired) electrons. The number of phenolic OH excluding ortho intramolecular Hbond substituents is 1. The summed E-state index contributed by atoms with van der Waals surface area (Å²) in [5, 5.41) is 12.3. The number of hydrogen-bond acceptors (Lipinski definition) is 3. The van der Waals surface area contributed by atoms with Gasteiger partial charge in [-0.25, -0.2) is 0 Å². The number of methoxy groups -OCH3 is 1. The molecule has 5 heteroatoms. The number of para-hydroxylation sites is 2. The highest BCUT2D eigenvalue weighted by molar-refractivity contribution is 9.10. The summed E-state index contributed by atoms with van der Waals surface area (Å²) in [4.78, 5) is 12.2. The molecule has 2 aromatic carbocycles. The molecule has 0 aliphatic carbocycles. The third kappa shape index (κ3) is 3.06. The van der Waals surface area contributed by atoms with Crippen LogP contribution in [0.15, 0.2) is 46.9 Å². The number of benzene rings is 2. The molecule has 0 bridgehead atoms. The fraction of sp³-hybridized carbons (Fsp3) is 0.0714. The van der Waals surface area contributed by atoms with Crippen LogP contribution >= 0.6 is 15.9 Å². The Balaban J connectivity index is 2.30. The summed E-state index contributed by atoms with van der Waals surface area (Å²) in [5.74, 6) is 0.139. The van der Waals surface area contributed by atoms with Gasteiger partial charge in [-0.15, -0.1) is 0 Å². The molecule has 4 nitrogen and oxygen atoms in total. The van der Waals surface area contributed by atoms with Gasteiger partial charge < -0.3 is 15.2 Å². The highest BCUT2D eigenvalue weighted by Crippen LogP contribution is 2.26. The fourth-order valence-corrected chi connectivity index (χ4v) is 1.99. The number of aromatic hydroxyl groups is 1. The lowest BCUT2D eigenvalue weighted by Crippen LogP contribution is -2.13. The Morgan fingerprint density at radius 3 is 2.68 bits per heavy atom. The first kappa shape index (κ1) is 13.4. The van der Waals surface area contributed by atoms with Crippen molar-refractivity contribution in [2.24, 2.45) is 0 Å². The first-order valence-electron chi connectivity index (χ1n) is 5.54. The molecule has 0 saturated heterocycles. The van der Waals surface area contributed by atoms with Crippen molar-refractivity contribution in [3.05, 3.63) is 52.5 Å². The fourth-order valence-electron chi connectivity index (χ4n) is 1.63. The third-order valence-corrected chi connectivity index (χ3v) is 3.05. The number of anilines is 1. The molecular formula is C14H12BrNO3. The topological polar surface area (TPSA) is 58.6 Å². The van der Waals surface area contributed by atoms with Gasteiger partial charge in [-0.3, -0.25) is 4.79 Å². The van der Waals surface area contributed by atoms with E-state index in [-0.39, 0.29) is 11.7 Å². The number of hydrogen-bond donors (Lipinski definition) is 2. The zero-order valence-electron chi connectivity index (χ0n) is 10.2. The molecule has 0 heterocycles. The lowest BCUT2D eigenvalue weighted by Gasteiger charge is -2.10. The monoisotopic (exact) mass is 321 g/mol. The number of ether oxygens (including phenoxy) is 1. The molecule has 2 N–H and O–H groups in total. The minimum atomic E-state index is -0.348. The Hall–Kier alpha value is -2.01. The summed E-state index contributed by atoms with van der Waals surface area (Å²) in [6.45, 7) is 0. The van der Waals surface area contributed by atoms with Crippen LogP contribution in [0, 0.1) is 0 Å². The number of carbonyl (C=O) groups excluding carboxylic acids is 1. The highest BCUT2D eigenvalue weighted by Gasteiger charge is 2.14. The zero-order chi connectivity index (χ0) is 13.8. The van der Waals surface area contributed by atoms with Crippen molar-refractivity contribution >= 4 is 27.5 Å². The Labute approximate surface area is 119 Å². The van der Waals surface area contributed by atoms with Crippen molar-refractivity contribution < 1.29 is 14.6 Å². The average Bonchev–Trinajstić information content (AvgIpc) is 2.41. The van der Waals surface area contributed by atoms with E-state index in [9.17, 15) is 9.90 Å². The third-order valence-electron chi connectivity index (χ3n) is 2.56. The van der Waals surface area contributed by atoms with Crippen LogP contribution < -0.4 is 10.1 Å². The molecule has 0 fully saturated rings. The van der Waals surface area contributed by atoms with E-state index >= 15 is 0 Å². The first-order valence-corrected chi connectivity index (χ1v) is 6.34. The van der Waals surface area contributed by atoms with Crippen LogP contribution in [0.5, 0.6) is 11.5 Å². The molecule has 2 aromatic rings. The smallest absolute Gasteiger partial charge is 0.259 e. The number of carbonyl (C=O) groups is 1. The van der Waals surface area contributed by atoms with E-state index in [1.165, 1.54) is 13.2 Å². The number of phenols is 1. The minimum absolute atomic E-state index is 0.0183. The van der Waals surface area contributed by atoms with Gasteiger partial charge in [0.2, 0.25) is 0 Å². The summed E-state index contributed by atoms with van der Waals surface area (Å²) in [7, 11) is 1.50. The maximum atomic E-state index is 12.2. The lowest BCUT2D eigenvalue weighted by molar-refractivity contribution is 0.102. The van der Waals surface area contributed by atoms with Crippen LogP contribution in [0.4, 0.5) is 5.69 Å². The second-order valence-electron chi connectivity index (χ2n) is 3.82. The summed E-state index contributed by atoms with van der Waals surface area (Å²) in [5.41, 5.74) is 0.745. The van der Waals surface area contributed by atoms with Crippen molar-refractivity contribution in [1.29, 1.82) is 0 Å². The molecular weight excluding hydrogens is 310 g/mol. The Kier molecular flexibility index (Phi) is 4.06. The van der Waals surface area contributed by atoms with Gasteiger partial charge in [-0.1, -0.05) is 28.1 Å². The van der Waals surface area contributed by atoms with Gasteiger partial charge in [-0.05, 0) is 30.3 Å². The number of halogens is 1. The van der Waals surface area contributed by atoms with E-state index in [4.69, 9.17) is 4.74 Å². The van der Waals surface area contributed by atoms with Gasteiger partial charge in [0.25, 0.3) is 5.91 Å². The molecule has 0 atom stereocenters.